The number of aromatic nitrogens is 4. The molecular formula is C14H19N5O. The molecule has 2 aromatic heterocycles. The smallest absolute Gasteiger partial charge is 0.272 e. The topological polar surface area (TPSA) is 64.7 Å². The molecule has 1 amide bonds. The van der Waals surface area contributed by atoms with E-state index in [2.05, 4.69) is 26.3 Å². The van der Waals surface area contributed by atoms with E-state index in [-0.39, 0.29) is 11.9 Å². The van der Waals surface area contributed by atoms with Crippen LogP contribution in [0.2, 0.25) is 0 Å². The van der Waals surface area contributed by atoms with Crippen LogP contribution >= 0.6 is 0 Å². The third-order valence-corrected chi connectivity index (χ3v) is 3.67. The van der Waals surface area contributed by atoms with Gasteiger partial charge < -0.3 is 5.32 Å². The zero-order valence-electron chi connectivity index (χ0n) is 11.8. The second-order valence-electron chi connectivity index (χ2n) is 5.31. The van der Waals surface area contributed by atoms with E-state index in [1.807, 2.05) is 6.92 Å². The first-order valence-corrected chi connectivity index (χ1v) is 7.00. The van der Waals surface area contributed by atoms with Crippen molar-refractivity contribution in [2.75, 3.05) is 0 Å². The van der Waals surface area contributed by atoms with Gasteiger partial charge in [0, 0.05) is 25.5 Å². The van der Waals surface area contributed by atoms with Crippen molar-refractivity contribution in [1.82, 2.24) is 24.9 Å². The Morgan fingerprint density at radius 2 is 2.25 bits per heavy atom. The summed E-state index contributed by atoms with van der Waals surface area (Å²) in [5.41, 5.74) is 2.62. The zero-order valence-corrected chi connectivity index (χ0v) is 11.8. The van der Waals surface area contributed by atoms with Crippen LogP contribution in [0.3, 0.4) is 0 Å². The number of amides is 1. The first kappa shape index (κ1) is 12.9. The van der Waals surface area contributed by atoms with Crippen molar-refractivity contribution in [3.63, 3.8) is 0 Å². The van der Waals surface area contributed by atoms with Gasteiger partial charge in [-0.3, -0.25) is 14.2 Å². The summed E-state index contributed by atoms with van der Waals surface area (Å²) < 4.78 is 3.68. The summed E-state index contributed by atoms with van der Waals surface area (Å²) in [6.45, 7) is 2.94. The van der Waals surface area contributed by atoms with Crippen LogP contribution in [-0.4, -0.2) is 25.5 Å². The molecule has 0 bridgehead atoms. The fourth-order valence-corrected chi connectivity index (χ4v) is 2.53. The van der Waals surface area contributed by atoms with Crippen molar-refractivity contribution in [2.24, 2.45) is 7.05 Å². The van der Waals surface area contributed by atoms with Crippen molar-refractivity contribution >= 4 is 5.91 Å². The van der Waals surface area contributed by atoms with E-state index < -0.39 is 0 Å². The molecule has 6 nitrogen and oxygen atoms in total. The van der Waals surface area contributed by atoms with Crippen LogP contribution in [-0.2, 0) is 20.0 Å². The van der Waals surface area contributed by atoms with Gasteiger partial charge in [0.15, 0.2) is 0 Å². The van der Waals surface area contributed by atoms with Gasteiger partial charge in [0.1, 0.15) is 5.69 Å². The normalized spacial score (nSPS) is 15.7. The van der Waals surface area contributed by atoms with Gasteiger partial charge in [-0.2, -0.15) is 10.2 Å². The highest BCUT2D eigenvalue weighted by molar-refractivity contribution is 5.92. The Bertz CT molecular complexity index is 604. The predicted molar refractivity (Wildman–Crippen MR) is 74.3 cm³/mol. The van der Waals surface area contributed by atoms with Crippen molar-refractivity contribution < 1.29 is 4.79 Å². The Hall–Kier alpha value is -2.11. The Morgan fingerprint density at radius 3 is 2.95 bits per heavy atom. The first-order valence-electron chi connectivity index (χ1n) is 7.00. The van der Waals surface area contributed by atoms with E-state index in [9.17, 15) is 4.79 Å². The monoisotopic (exact) mass is 273 g/mol. The summed E-state index contributed by atoms with van der Waals surface area (Å²) >= 11 is 0. The van der Waals surface area contributed by atoms with Gasteiger partial charge in [0.25, 0.3) is 5.91 Å². The lowest BCUT2D eigenvalue weighted by Gasteiger charge is -2.12. The minimum Gasteiger partial charge on any atom is -0.342 e. The van der Waals surface area contributed by atoms with Crippen molar-refractivity contribution in [1.29, 1.82) is 0 Å². The first-order chi connectivity index (χ1) is 9.63. The predicted octanol–water partition coefficient (Wildman–Crippen LogP) is 1.44. The average Bonchev–Trinajstić information content (AvgIpc) is 3.04. The molecule has 1 N–H and O–H groups in total. The van der Waals surface area contributed by atoms with Crippen LogP contribution in [0.25, 0.3) is 0 Å². The van der Waals surface area contributed by atoms with Crippen LogP contribution in [0.15, 0.2) is 18.3 Å². The maximum absolute atomic E-state index is 12.1. The maximum Gasteiger partial charge on any atom is 0.272 e. The second-order valence-corrected chi connectivity index (χ2v) is 5.31. The van der Waals surface area contributed by atoms with E-state index >= 15 is 0 Å². The molecule has 0 fully saturated rings. The molecule has 3 rings (SSSR count). The molecule has 1 atom stereocenters. The summed E-state index contributed by atoms with van der Waals surface area (Å²) in [6, 6.07) is 3.70. The van der Waals surface area contributed by atoms with E-state index in [1.165, 1.54) is 18.5 Å². The van der Waals surface area contributed by atoms with Gasteiger partial charge in [-0.1, -0.05) is 0 Å². The summed E-state index contributed by atoms with van der Waals surface area (Å²) in [4.78, 5) is 12.1. The summed E-state index contributed by atoms with van der Waals surface area (Å²) in [6.07, 6.45) is 5.24. The number of carbonyl (C=O) groups excluding carboxylic acids is 1. The standard InChI is InChI=1S/C14H19N5O/c1-10(15-14(20)12-6-8-18(2)16-12)13-9-11-5-3-4-7-19(11)17-13/h6,8-10H,3-5,7H2,1-2H3,(H,15,20). The lowest BCUT2D eigenvalue weighted by molar-refractivity contribution is 0.0933. The number of nitrogens with zero attached hydrogens (tertiary/aromatic N) is 4. The van der Waals surface area contributed by atoms with Crippen molar-refractivity contribution in [3.05, 3.63) is 35.4 Å². The van der Waals surface area contributed by atoms with E-state index in [0.717, 1.165) is 18.7 Å². The number of carbonyl (C=O) groups is 1. The highest BCUT2D eigenvalue weighted by Crippen LogP contribution is 2.19. The molecule has 1 aliphatic heterocycles. The fourth-order valence-electron chi connectivity index (χ4n) is 2.53. The molecule has 0 saturated carbocycles. The molecule has 1 aliphatic rings. The van der Waals surface area contributed by atoms with Crippen LogP contribution in [0, 0.1) is 0 Å². The Kier molecular flexibility index (Phi) is 3.30. The molecule has 0 saturated heterocycles. The van der Waals surface area contributed by atoms with Gasteiger partial charge >= 0.3 is 0 Å². The minimum atomic E-state index is -0.163. The second kappa shape index (κ2) is 5.11. The van der Waals surface area contributed by atoms with E-state index in [0.29, 0.717) is 5.69 Å². The van der Waals surface area contributed by atoms with E-state index in [4.69, 9.17) is 0 Å². The number of hydrogen-bond donors (Lipinski definition) is 1. The molecule has 0 aromatic carbocycles. The molecule has 0 spiro atoms. The molecule has 0 aliphatic carbocycles. The van der Waals surface area contributed by atoms with Crippen molar-refractivity contribution in [3.8, 4) is 0 Å². The molecule has 6 heteroatoms. The molecule has 2 aromatic rings. The van der Waals surface area contributed by atoms with Gasteiger partial charge in [0.2, 0.25) is 0 Å². The molecule has 0 radical (unpaired) electrons. The van der Waals surface area contributed by atoms with Crippen LogP contribution in [0.4, 0.5) is 0 Å². The molecule has 106 valence electrons. The third kappa shape index (κ3) is 2.45. The minimum absolute atomic E-state index is 0.109. The summed E-state index contributed by atoms with van der Waals surface area (Å²) in [7, 11) is 1.80. The SMILES string of the molecule is CC(NC(=O)c1ccn(C)n1)c1cc2n(n1)CCCC2. The molecular weight excluding hydrogens is 254 g/mol. The molecule has 3 heterocycles. The Balaban J connectivity index is 1.71. The van der Waals surface area contributed by atoms with Crippen molar-refractivity contribution in [2.45, 2.75) is 38.8 Å². The lowest BCUT2D eigenvalue weighted by Crippen LogP contribution is -2.27. The Labute approximate surface area is 117 Å². The molecule has 20 heavy (non-hydrogen) atoms. The summed E-state index contributed by atoms with van der Waals surface area (Å²) in [5, 5.41) is 11.6. The highest BCUT2D eigenvalue weighted by atomic mass is 16.2. The largest absolute Gasteiger partial charge is 0.342 e. The number of aryl methyl sites for hydroxylation is 3. The average molecular weight is 273 g/mol. The van der Waals surface area contributed by atoms with Crippen LogP contribution in [0.5, 0.6) is 0 Å². The van der Waals surface area contributed by atoms with Crippen LogP contribution < -0.4 is 5.32 Å². The highest BCUT2D eigenvalue weighted by Gasteiger charge is 2.18. The van der Waals surface area contributed by atoms with Gasteiger partial charge in [-0.05, 0) is 38.3 Å². The lowest BCUT2D eigenvalue weighted by atomic mass is 10.1. The number of rotatable bonds is 3. The van der Waals surface area contributed by atoms with Gasteiger partial charge in [0.05, 0.1) is 11.7 Å². The third-order valence-electron chi connectivity index (χ3n) is 3.67. The van der Waals surface area contributed by atoms with Gasteiger partial charge in [-0.15, -0.1) is 0 Å². The van der Waals surface area contributed by atoms with Gasteiger partial charge in [-0.25, -0.2) is 0 Å². The molecule has 1 unspecified atom stereocenters. The number of nitrogens with one attached hydrogen (secondary N) is 1. The quantitative estimate of drug-likeness (QED) is 0.920. The fraction of sp³-hybridized carbons (Fsp3) is 0.500. The number of fused-ring (bicyclic) bond motifs is 1. The van der Waals surface area contributed by atoms with E-state index in [1.54, 1.807) is 24.0 Å². The zero-order chi connectivity index (χ0) is 14.1. The Morgan fingerprint density at radius 1 is 1.40 bits per heavy atom. The maximum atomic E-state index is 12.1. The summed E-state index contributed by atoms with van der Waals surface area (Å²) in [5.74, 6) is -0.163. The van der Waals surface area contributed by atoms with Crippen LogP contribution in [0.1, 0.15) is 47.7 Å². The number of hydrogen-bond acceptors (Lipinski definition) is 3.